The molecule has 0 saturated carbocycles. The molecule has 0 bridgehead atoms. The van der Waals surface area contributed by atoms with Gasteiger partial charge >= 0.3 is 6.03 Å². The molecule has 30 heavy (non-hydrogen) atoms. The van der Waals surface area contributed by atoms with Crippen molar-refractivity contribution in [2.45, 2.75) is 32.2 Å². The maximum absolute atomic E-state index is 13.0. The van der Waals surface area contributed by atoms with Gasteiger partial charge in [0.15, 0.2) is 11.5 Å². The Bertz CT molecular complexity index is 1020. The molecule has 0 radical (unpaired) electrons. The average molecular weight is 409 g/mol. The lowest BCUT2D eigenvalue weighted by Gasteiger charge is -2.22. The van der Waals surface area contributed by atoms with Gasteiger partial charge in [-0.05, 0) is 36.1 Å². The lowest BCUT2D eigenvalue weighted by molar-refractivity contribution is -0.133. The van der Waals surface area contributed by atoms with Crippen molar-refractivity contribution in [2.24, 2.45) is 0 Å². The number of urea groups is 1. The number of carbonyl (C=O) groups is 3. The Hall–Kier alpha value is -3.55. The van der Waals surface area contributed by atoms with Crippen molar-refractivity contribution < 1.29 is 23.9 Å². The summed E-state index contributed by atoms with van der Waals surface area (Å²) in [6.07, 6.45) is 0. The van der Waals surface area contributed by atoms with Crippen LogP contribution in [0.1, 0.15) is 37.8 Å². The first kappa shape index (κ1) is 19.8. The van der Waals surface area contributed by atoms with Gasteiger partial charge < -0.3 is 20.1 Å². The molecule has 8 nitrogen and oxygen atoms in total. The second-order valence-electron chi connectivity index (χ2n) is 7.84. The second kappa shape index (κ2) is 7.37. The van der Waals surface area contributed by atoms with E-state index in [1.807, 2.05) is 24.3 Å². The van der Waals surface area contributed by atoms with Gasteiger partial charge in [0.2, 0.25) is 12.7 Å². The molecule has 2 aliphatic rings. The number of ether oxygens (including phenoxy) is 2. The third-order valence-corrected chi connectivity index (χ3v) is 5.39. The van der Waals surface area contributed by atoms with Crippen LogP contribution in [0.2, 0.25) is 0 Å². The molecule has 1 saturated heterocycles. The summed E-state index contributed by atoms with van der Waals surface area (Å²) < 4.78 is 10.5. The molecule has 4 rings (SSSR count). The van der Waals surface area contributed by atoms with Gasteiger partial charge in [0, 0.05) is 11.8 Å². The number of imide groups is 1. The summed E-state index contributed by atoms with van der Waals surface area (Å²) in [5, 5.41) is 5.40. The number of nitrogens with one attached hydrogen (secondary N) is 2. The van der Waals surface area contributed by atoms with E-state index in [0.29, 0.717) is 28.7 Å². The fourth-order valence-corrected chi connectivity index (χ4v) is 3.56. The van der Waals surface area contributed by atoms with E-state index >= 15 is 0 Å². The van der Waals surface area contributed by atoms with Crippen LogP contribution in [0.3, 0.4) is 0 Å². The smallest absolute Gasteiger partial charge is 0.325 e. The minimum Gasteiger partial charge on any atom is -0.454 e. The van der Waals surface area contributed by atoms with E-state index in [4.69, 9.17) is 9.47 Å². The normalized spacial score (nSPS) is 19.9. The Balaban J connectivity index is 1.46. The molecule has 8 heteroatoms. The van der Waals surface area contributed by atoms with Crippen molar-refractivity contribution in [1.82, 2.24) is 10.2 Å². The summed E-state index contributed by atoms with van der Waals surface area (Å²) in [5.41, 5.74) is 1.08. The summed E-state index contributed by atoms with van der Waals surface area (Å²) >= 11 is 0. The summed E-state index contributed by atoms with van der Waals surface area (Å²) in [5.74, 6) is 0.529. The van der Waals surface area contributed by atoms with Gasteiger partial charge in [0.05, 0.1) is 0 Å². The molecule has 0 aliphatic carbocycles. The zero-order valence-electron chi connectivity index (χ0n) is 17.0. The number of fused-ring (bicyclic) bond motifs is 1. The molecular weight excluding hydrogens is 386 g/mol. The van der Waals surface area contributed by atoms with Crippen molar-refractivity contribution in [1.29, 1.82) is 0 Å². The molecule has 2 N–H and O–H groups in total. The molecule has 2 aromatic rings. The van der Waals surface area contributed by atoms with Crippen LogP contribution in [0.5, 0.6) is 11.5 Å². The predicted molar refractivity (Wildman–Crippen MR) is 109 cm³/mol. The highest BCUT2D eigenvalue weighted by Gasteiger charge is 2.49. The molecule has 0 aromatic heterocycles. The zero-order chi connectivity index (χ0) is 21.5. The van der Waals surface area contributed by atoms with E-state index in [9.17, 15) is 14.4 Å². The lowest BCUT2D eigenvalue weighted by atomic mass is 9.90. The predicted octanol–water partition coefficient (Wildman–Crippen LogP) is 2.94. The first-order chi connectivity index (χ1) is 14.3. The summed E-state index contributed by atoms with van der Waals surface area (Å²) in [7, 11) is 0. The minimum absolute atomic E-state index is 0.131. The maximum Gasteiger partial charge on any atom is 0.325 e. The van der Waals surface area contributed by atoms with E-state index in [1.54, 1.807) is 25.1 Å². The van der Waals surface area contributed by atoms with E-state index in [-0.39, 0.29) is 6.79 Å². The summed E-state index contributed by atoms with van der Waals surface area (Å²) in [6.45, 7) is 5.55. The second-order valence-corrected chi connectivity index (χ2v) is 7.84. The van der Waals surface area contributed by atoms with Crippen molar-refractivity contribution in [3.8, 4) is 11.5 Å². The molecule has 2 aliphatic heterocycles. The standard InChI is InChI=1S/C22H23N3O5/c1-13(2)14-4-6-15(7-5-14)22(3)20(27)25(21(28)24-22)11-19(26)23-16-8-9-17-18(10-16)30-12-29-17/h4-10,13H,11-12H2,1-3H3,(H,23,26)(H,24,28)/t22-/m1/s1. The molecule has 156 valence electrons. The molecule has 2 aromatic carbocycles. The number of amides is 4. The van der Waals surface area contributed by atoms with Crippen LogP contribution < -0.4 is 20.1 Å². The highest BCUT2D eigenvalue weighted by atomic mass is 16.7. The largest absolute Gasteiger partial charge is 0.454 e. The third kappa shape index (κ3) is 3.45. The molecule has 1 atom stereocenters. The topological polar surface area (TPSA) is 97.0 Å². The Morgan fingerprint density at radius 1 is 1.13 bits per heavy atom. The molecular formula is C22H23N3O5. The van der Waals surface area contributed by atoms with Crippen LogP contribution >= 0.6 is 0 Å². The number of rotatable bonds is 5. The number of anilines is 1. The molecule has 1 fully saturated rings. The van der Waals surface area contributed by atoms with Gasteiger partial charge in [0.1, 0.15) is 12.1 Å². The number of hydrogen-bond acceptors (Lipinski definition) is 5. The van der Waals surface area contributed by atoms with E-state index in [2.05, 4.69) is 24.5 Å². The van der Waals surface area contributed by atoms with E-state index in [1.165, 1.54) is 0 Å². The number of carbonyl (C=O) groups excluding carboxylic acids is 3. The van der Waals surface area contributed by atoms with Crippen LogP contribution in [0.25, 0.3) is 0 Å². The van der Waals surface area contributed by atoms with Gasteiger partial charge in [-0.3, -0.25) is 14.5 Å². The number of nitrogens with zero attached hydrogens (tertiary/aromatic N) is 1. The third-order valence-electron chi connectivity index (χ3n) is 5.39. The summed E-state index contributed by atoms with van der Waals surface area (Å²) in [6, 6.07) is 11.9. The Morgan fingerprint density at radius 3 is 2.53 bits per heavy atom. The van der Waals surface area contributed by atoms with Gasteiger partial charge in [0.25, 0.3) is 5.91 Å². The van der Waals surface area contributed by atoms with Crippen LogP contribution in [-0.2, 0) is 15.1 Å². The van der Waals surface area contributed by atoms with E-state index < -0.39 is 29.9 Å². The van der Waals surface area contributed by atoms with E-state index in [0.717, 1.165) is 10.5 Å². The van der Waals surface area contributed by atoms with Crippen LogP contribution in [0.15, 0.2) is 42.5 Å². The highest BCUT2D eigenvalue weighted by molar-refractivity contribution is 6.10. The highest BCUT2D eigenvalue weighted by Crippen LogP contribution is 2.34. The van der Waals surface area contributed by atoms with Crippen LogP contribution in [0, 0.1) is 0 Å². The van der Waals surface area contributed by atoms with Crippen molar-refractivity contribution in [3.63, 3.8) is 0 Å². The fourth-order valence-electron chi connectivity index (χ4n) is 3.56. The molecule has 0 unspecified atom stereocenters. The lowest BCUT2D eigenvalue weighted by Crippen LogP contribution is -2.42. The van der Waals surface area contributed by atoms with Crippen LogP contribution in [0.4, 0.5) is 10.5 Å². The van der Waals surface area contributed by atoms with Crippen molar-refractivity contribution >= 4 is 23.5 Å². The average Bonchev–Trinajstić information content (AvgIpc) is 3.26. The fraction of sp³-hybridized carbons (Fsp3) is 0.318. The number of hydrogen-bond donors (Lipinski definition) is 2. The SMILES string of the molecule is CC(C)c1ccc([C@@]2(C)NC(=O)N(CC(=O)Nc3ccc4c(c3)OCO4)C2=O)cc1. The van der Waals surface area contributed by atoms with Gasteiger partial charge in [-0.2, -0.15) is 0 Å². The first-order valence-electron chi connectivity index (χ1n) is 9.72. The number of benzene rings is 2. The molecule has 0 spiro atoms. The monoisotopic (exact) mass is 409 g/mol. The Kier molecular flexibility index (Phi) is 4.85. The van der Waals surface area contributed by atoms with Crippen molar-refractivity contribution in [3.05, 3.63) is 53.6 Å². The quantitative estimate of drug-likeness (QED) is 0.740. The van der Waals surface area contributed by atoms with Gasteiger partial charge in [-0.1, -0.05) is 38.1 Å². The van der Waals surface area contributed by atoms with Crippen molar-refractivity contribution in [2.75, 3.05) is 18.7 Å². The summed E-state index contributed by atoms with van der Waals surface area (Å²) in [4.78, 5) is 38.9. The maximum atomic E-state index is 13.0. The Morgan fingerprint density at radius 2 is 1.83 bits per heavy atom. The molecule has 2 heterocycles. The first-order valence-corrected chi connectivity index (χ1v) is 9.72. The van der Waals surface area contributed by atoms with Gasteiger partial charge in [-0.25, -0.2) is 4.79 Å². The van der Waals surface area contributed by atoms with Crippen LogP contribution in [-0.4, -0.2) is 36.1 Å². The van der Waals surface area contributed by atoms with Gasteiger partial charge in [-0.15, -0.1) is 0 Å². The minimum atomic E-state index is -1.22. The zero-order valence-corrected chi connectivity index (χ0v) is 17.0. The Labute approximate surface area is 174 Å². The molecule has 4 amide bonds.